The van der Waals surface area contributed by atoms with Crippen molar-refractivity contribution in [3.05, 3.63) is 42.2 Å². The quantitative estimate of drug-likeness (QED) is 0.668. The zero-order valence-electron chi connectivity index (χ0n) is 15.6. The lowest BCUT2D eigenvalue weighted by Gasteiger charge is -2.36. The number of methoxy groups -OCH3 is 1. The Morgan fingerprint density at radius 3 is 2.62 bits per heavy atom. The number of benzene rings is 1. The van der Waals surface area contributed by atoms with Gasteiger partial charge in [-0.2, -0.15) is 13.2 Å². The van der Waals surface area contributed by atoms with Crippen LogP contribution in [0.5, 0.6) is 5.75 Å². The second-order valence-electron chi connectivity index (χ2n) is 7.16. The Balaban J connectivity index is 1.76. The molecule has 0 aliphatic heterocycles. The summed E-state index contributed by atoms with van der Waals surface area (Å²) in [5.41, 5.74) is -0.760. The number of ether oxygens (including phenoxy) is 1. The van der Waals surface area contributed by atoms with Crippen LogP contribution < -0.4 is 10.1 Å². The molecule has 0 amide bonds. The first kappa shape index (κ1) is 19.4. The third-order valence-electron chi connectivity index (χ3n) is 5.23. The number of fused-ring (bicyclic) bond motifs is 1. The SMILES string of the molecule is COc1cc(C(F)(F)F)ccc1-c1nnc(NCC2(O)CCC2)c2cnccc12. The van der Waals surface area contributed by atoms with E-state index in [2.05, 4.69) is 20.5 Å². The molecule has 2 heterocycles. The molecular weight excluding hydrogens is 385 g/mol. The number of pyridine rings is 1. The number of anilines is 1. The molecule has 0 bridgehead atoms. The van der Waals surface area contributed by atoms with Crippen LogP contribution in [0.1, 0.15) is 24.8 Å². The number of nitrogens with zero attached hydrogens (tertiary/aromatic N) is 3. The van der Waals surface area contributed by atoms with Crippen molar-refractivity contribution in [1.29, 1.82) is 0 Å². The summed E-state index contributed by atoms with van der Waals surface area (Å²) in [6.07, 6.45) is 1.15. The predicted octanol–water partition coefficient (Wildman–Crippen LogP) is 4.05. The summed E-state index contributed by atoms with van der Waals surface area (Å²) in [6, 6.07) is 4.99. The Labute approximate surface area is 164 Å². The molecule has 0 atom stereocenters. The van der Waals surface area contributed by atoms with Crippen molar-refractivity contribution in [3.8, 4) is 17.0 Å². The molecule has 0 radical (unpaired) electrons. The molecule has 152 valence electrons. The summed E-state index contributed by atoms with van der Waals surface area (Å²) >= 11 is 0. The van der Waals surface area contributed by atoms with Gasteiger partial charge in [0, 0.05) is 35.3 Å². The topological polar surface area (TPSA) is 80.2 Å². The molecule has 2 aromatic heterocycles. The molecule has 1 saturated carbocycles. The van der Waals surface area contributed by atoms with Gasteiger partial charge in [0.25, 0.3) is 0 Å². The molecule has 1 aliphatic rings. The lowest BCUT2D eigenvalue weighted by Crippen LogP contribution is -2.43. The van der Waals surface area contributed by atoms with E-state index in [4.69, 9.17) is 4.74 Å². The van der Waals surface area contributed by atoms with Gasteiger partial charge in [-0.1, -0.05) is 0 Å². The van der Waals surface area contributed by atoms with Gasteiger partial charge in [0.05, 0.1) is 18.3 Å². The van der Waals surface area contributed by atoms with Crippen LogP contribution >= 0.6 is 0 Å². The fourth-order valence-electron chi connectivity index (χ4n) is 3.40. The van der Waals surface area contributed by atoms with E-state index in [-0.39, 0.29) is 5.75 Å². The molecule has 29 heavy (non-hydrogen) atoms. The second kappa shape index (κ2) is 7.14. The largest absolute Gasteiger partial charge is 0.496 e. The lowest BCUT2D eigenvalue weighted by molar-refractivity contribution is -0.137. The molecule has 0 saturated heterocycles. The number of halogens is 3. The third-order valence-corrected chi connectivity index (χ3v) is 5.23. The fraction of sp³-hybridized carbons (Fsp3) is 0.350. The summed E-state index contributed by atoms with van der Waals surface area (Å²) < 4.78 is 44.3. The highest BCUT2D eigenvalue weighted by Gasteiger charge is 2.34. The highest BCUT2D eigenvalue weighted by atomic mass is 19.4. The van der Waals surface area contributed by atoms with Crippen LogP contribution in [-0.4, -0.2) is 39.5 Å². The van der Waals surface area contributed by atoms with Gasteiger partial charge < -0.3 is 15.2 Å². The zero-order valence-corrected chi connectivity index (χ0v) is 15.6. The Morgan fingerprint density at radius 2 is 1.97 bits per heavy atom. The molecule has 0 spiro atoms. The van der Waals surface area contributed by atoms with E-state index in [1.54, 1.807) is 18.5 Å². The molecule has 6 nitrogen and oxygen atoms in total. The van der Waals surface area contributed by atoms with E-state index in [1.807, 2.05) is 0 Å². The van der Waals surface area contributed by atoms with Gasteiger partial charge in [0.1, 0.15) is 11.4 Å². The number of rotatable bonds is 5. The number of hydrogen-bond donors (Lipinski definition) is 2. The van der Waals surface area contributed by atoms with Crippen LogP contribution in [0.2, 0.25) is 0 Å². The Morgan fingerprint density at radius 1 is 1.17 bits per heavy atom. The highest BCUT2D eigenvalue weighted by Crippen LogP contribution is 2.39. The van der Waals surface area contributed by atoms with E-state index in [1.165, 1.54) is 13.2 Å². The van der Waals surface area contributed by atoms with Gasteiger partial charge in [0.2, 0.25) is 0 Å². The lowest BCUT2D eigenvalue weighted by atomic mass is 9.80. The molecule has 4 rings (SSSR count). The summed E-state index contributed by atoms with van der Waals surface area (Å²) in [5, 5.41) is 23.2. The van der Waals surface area contributed by atoms with E-state index >= 15 is 0 Å². The highest BCUT2D eigenvalue weighted by molar-refractivity contribution is 6.00. The van der Waals surface area contributed by atoms with E-state index < -0.39 is 17.3 Å². The molecule has 1 aromatic carbocycles. The first-order chi connectivity index (χ1) is 13.8. The normalized spacial score (nSPS) is 15.8. The third kappa shape index (κ3) is 3.69. The standard InChI is InChI=1S/C20H19F3N4O2/c1-29-16-9-12(20(21,22)23)3-4-14(16)17-13-5-8-24-10-15(13)18(27-26-17)25-11-19(28)6-2-7-19/h3-5,8-10,28H,2,6-7,11H2,1H3,(H,25,27). The monoisotopic (exact) mass is 404 g/mol. The van der Waals surface area contributed by atoms with E-state index in [0.29, 0.717) is 34.4 Å². The Bertz CT molecular complexity index is 1050. The fourth-order valence-corrected chi connectivity index (χ4v) is 3.40. The maximum absolute atomic E-state index is 13.0. The maximum Gasteiger partial charge on any atom is 0.416 e. The molecule has 1 fully saturated rings. The van der Waals surface area contributed by atoms with Gasteiger partial charge in [-0.05, 0) is 43.5 Å². The van der Waals surface area contributed by atoms with Gasteiger partial charge in [0.15, 0.2) is 5.82 Å². The summed E-state index contributed by atoms with van der Waals surface area (Å²) in [5.74, 6) is 0.514. The molecule has 3 aromatic rings. The van der Waals surface area contributed by atoms with Crippen molar-refractivity contribution in [1.82, 2.24) is 15.2 Å². The number of nitrogens with one attached hydrogen (secondary N) is 1. The Kier molecular flexibility index (Phi) is 4.77. The molecule has 9 heteroatoms. The van der Waals surface area contributed by atoms with Crippen LogP contribution in [0.4, 0.5) is 19.0 Å². The number of aliphatic hydroxyl groups is 1. The minimum atomic E-state index is -4.47. The number of alkyl halides is 3. The average Bonchev–Trinajstić information content (AvgIpc) is 2.69. The van der Waals surface area contributed by atoms with Crippen molar-refractivity contribution < 1.29 is 23.0 Å². The minimum absolute atomic E-state index is 0.0525. The van der Waals surface area contributed by atoms with Gasteiger partial charge in [-0.25, -0.2) is 0 Å². The average molecular weight is 404 g/mol. The van der Waals surface area contributed by atoms with Gasteiger partial charge in [-0.3, -0.25) is 4.98 Å². The van der Waals surface area contributed by atoms with Gasteiger partial charge in [-0.15, -0.1) is 10.2 Å². The van der Waals surface area contributed by atoms with Crippen LogP contribution in [0.3, 0.4) is 0 Å². The molecule has 2 N–H and O–H groups in total. The molecule has 0 unspecified atom stereocenters. The molecular formula is C20H19F3N4O2. The summed E-state index contributed by atoms with van der Waals surface area (Å²) in [7, 11) is 1.31. The number of hydrogen-bond acceptors (Lipinski definition) is 6. The summed E-state index contributed by atoms with van der Waals surface area (Å²) in [6.45, 7) is 0.342. The smallest absolute Gasteiger partial charge is 0.416 e. The van der Waals surface area contributed by atoms with Crippen molar-refractivity contribution in [2.24, 2.45) is 0 Å². The summed E-state index contributed by atoms with van der Waals surface area (Å²) in [4.78, 5) is 4.13. The van der Waals surface area contributed by atoms with Crippen molar-refractivity contribution in [2.45, 2.75) is 31.0 Å². The van der Waals surface area contributed by atoms with Crippen molar-refractivity contribution in [2.75, 3.05) is 19.0 Å². The first-order valence-electron chi connectivity index (χ1n) is 9.13. The van der Waals surface area contributed by atoms with Crippen LogP contribution in [0, 0.1) is 0 Å². The first-order valence-corrected chi connectivity index (χ1v) is 9.13. The van der Waals surface area contributed by atoms with E-state index in [9.17, 15) is 18.3 Å². The Hall–Kier alpha value is -2.94. The maximum atomic E-state index is 13.0. The predicted molar refractivity (Wildman–Crippen MR) is 102 cm³/mol. The van der Waals surface area contributed by atoms with Crippen LogP contribution in [0.15, 0.2) is 36.7 Å². The molecule has 1 aliphatic carbocycles. The second-order valence-corrected chi connectivity index (χ2v) is 7.16. The van der Waals surface area contributed by atoms with E-state index in [0.717, 1.165) is 31.4 Å². The van der Waals surface area contributed by atoms with Gasteiger partial charge >= 0.3 is 6.18 Å². The number of aromatic nitrogens is 3. The van der Waals surface area contributed by atoms with Crippen molar-refractivity contribution >= 4 is 16.6 Å². The zero-order chi connectivity index (χ0) is 20.6. The minimum Gasteiger partial charge on any atom is -0.496 e. The van der Waals surface area contributed by atoms with Crippen LogP contribution in [0.25, 0.3) is 22.0 Å². The van der Waals surface area contributed by atoms with Crippen LogP contribution in [-0.2, 0) is 6.18 Å². The van der Waals surface area contributed by atoms with Crippen molar-refractivity contribution in [3.63, 3.8) is 0 Å².